The monoisotopic (exact) mass is 342 g/mol. The van der Waals surface area contributed by atoms with Gasteiger partial charge in [-0.25, -0.2) is 4.98 Å². The highest BCUT2D eigenvalue weighted by atomic mass is 16.4. The van der Waals surface area contributed by atoms with Crippen molar-refractivity contribution in [1.82, 2.24) is 14.5 Å². The van der Waals surface area contributed by atoms with E-state index in [1.54, 1.807) is 36.7 Å². The fourth-order valence-electron chi connectivity index (χ4n) is 2.82. The number of rotatable bonds is 4. The summed E-state index contributed by atoms with van der Waals surface area (Å²) < 4.78 is 1.95. The van der Waals surface area contributed by atoms with E-state index in [9.17, 15) is 10.0 Å². The van der Waals surface area contributed by atoms with Crippen molar-refractivity contribution in [3.05, 3.63) is 90.5 Å². The molecule has 0 aliphatic heterocycles. The predicted octanol–water partition coefficient (Wildman–Crippen LogP) is 3.48. The summed E-state index contributed by atoms with van der Waals surface area (Å²) >= 11 is 0. The normalized spacial score (nSPS) is 11.6. The van der Waals surface area contributed by atoms with Gasteiger partial charge in [-0.15, -0.1) is 0 Å². The van der Waals surface area contributed by atoms with E-state index in [0.29, 0.717) is 11.1 Å². The van der Waals surface area contributed by atoms with Gasteiger partial charge in [-0.1, -0.05) is 5.16 Å². The van der Waals surface area contributed by atoms with Gasteiger partial charge in [0.15, 0.2) is 5.71 Å². The Balaban J connectivity index is 1.66. The molecule has 0 spiro atoms. The van der Waals surface area contributed by atoms with Crippen LogP contribution in [0.15, 0.2) is 84.5 Å². The largest absolute Gasteiger partial charge is 0.410 e. The highest BCUT2D eigenvalue weighted by Gasteiger charge is 2.17. The second-order valence-electron chi connectivity index (χ2n) is 5.67. The van der Waals surface area contributed by atoms with Crippen molar-refractivity contribution < 1.29 is 10.0 Å². The molecule has 0 amide bonds. The lowest BCUT2D eigenvalue weighted by atomic mass is 10.0. The molecular weight excluding hydrogens is 328 g/mol. The van der Waals surface area contributed by atoms with Gasteiger partial charge in [0.25, 0.3) is 0 Å². The number of carbonyl (C=O) groups is 1. The molecule has 0 aliphatic rings. The molecule has 126 valence electrons. The zero-order valence-corrected chi connectivity index (χ0v) is 13.6. The standard InChI is InChI=1S/C20H14N4O2/c25-19(18(23-26)16-4-1-10-21-13-16)14-5-7-17(8-6-14)24-12-9-15-3-2-11-22-20(15)24/h1-13,26H/b23-18+. The van der Waals surface area contributed by atoms with Gasteiger partial charge in [0.2, 0.25) is 5.78 Å². The maximum absolute atomic E-state index is 12.6. The lowest BCUT2D eigenvalue weighted by Crippen LogP contribution is -2.16. The van der Waals surface area contributed by atoms with E-state index in [-0.39, 0.29) is 11.5 Å². The molecule has 0 bridgehead atoms. The van der Waals surface area contributed by atoms with Crippen LogP contribution in [0.25, 0.3) is 16.7 Å². The number of nitrogens with zero attached hydrogens (tertiary/aromatic N) is 4. The van der Waals surface area contributed by atoms with Gasteiger partial charge < -0.3 is 9.77 Å². The van der Waals surface area contributed by atoms with E-state index in [4.69, 9.17) is 0 Å². The van der Waals surface area contributed by atoms with Crippen molar-refractivity contribution >= 4 is 22.5 Å². The van der Waals surface area contributed by atoms with E-state index in [0.717, 1.165) is 16.7 Å². The van der Waals surface area contributed by atoms with E-state index in [2.05, 4.69) is 15.1 Å². The van der Waals surface area contributed by atoms with Crippen LogP contribution in [0, 0.1) is 0 Å². The number of aromatic nitrogens is 3. The molecule has 0 atom stereocenters. The Morgan fingerprint density at radius 2 is 1.77 bits per heavy atom. The van der Waals surface area contributed by atoms with Crippen LogP contribution in [0.2, 0.25) is 0 Å². The minimum atomic E-state index is -0.373. The Hall–Kier alpha value is -3.80. The average molecular weight is 342 g/mol. The third-order valence-electron chi connectivity index (χ3n) is 4.11. The number of pyridine rings is 2. The van der Waals surface area contributed by atoms with E-state index in [1.165, 1.54) is 6.20 Å². The van der Waals surface area contributed by atoms with Crippen LogP contribution in [0.3, 0.4) is 0 Å². The highest BCUT2D eigenvalue weighted by Crippen LogP contribution is 2.19. The van der Waals surface area contributed by atoms with Gasteiger partial charge in [0.05, 0.1) is 0 Å². The summed E-state index contributed by atoms with van der Waals surface area (Å²) in [5.74, 6) is -0.373. The molecule has 0 saturated heterocycles. The van der Waals surface area contributed by atoms with Gasteiger partial charge in [-0.05, 0) is 54.6 Å². The molecule has 4 aromatic rings. The molecule has 0 aliphatic carbocycles. The molecule has 4 rings (SSSR count). The Labute approximate surface area is 149 Å². The van der Waals surface area contributed by atoms with Gasteiger partial charge in [0.1, 0.15) is 5.65 Å². The van der Waals surface area contributed by atoms with Crippen LogP contribution in [0.5, 0.6) is 0 Å². The first-order chi connectivity index (χ1) is 12.8. The second-order valence-corrected chi connectivity index (χ2v) is 5.67. The summed E-state index contributed by atoms with van der Waals surface area (Å²) in [4.78, 5) is 21.0. The van der Waals surface area contributed by atoms with Crippen molar-refractivity contribution in [3.8, 4) is 5.69 Å². The quantitative estimate of drug-likeness (QED) is 0.266. The summed E-state index contributed by atoms with van der Waals surface area (Å²) in [6.45, 7) is 0. The van der Waals surface area contributed by atoms with Crippen molar-refractivity contribution in [1.29, 1.82) is 0 Å². The van der Waals surface area contributed by atoms with Crippen LogP contribution in [-0.4, -0.2) is 31.2 Å². The zero-order chi connectivity index (χ0) is 17.9. The number of hydrogen-bond donors (Lipinski definition) is 1. The lowest BCUT2D eigenvalue weighted by molar-refractivity contribution is 0.106. The number of carbonyl (C=O) groups excluding carboxylic acids is 1. The number of hydrogen-bond acceptors (Lipinski definition) is 5. The molecule has 0 unspecified atom stereocenters. The van der Waals surface area contributed by atoms with Gasteiger partial charge in [-0.3, -0.25) is 9.78 Å². The Morgan fingerprint density at radius 3 is 2.50 bits per heavy atom. The van der Waals surface area contributed by atoms with Crippen molar-refractivity contribution in [2.75, 3.05) is 0 Å². The number of ketones is 1. The first kappa shape index (κ1) is 15.7. The summed E-state index contributed by atoms with van der Waals surface area (Å²) in [5.41, 5.74) is 2.58. The molecule has 3 heterocycles. The summed E-state index contributed by atoms with van der Waals surface area (Å²) in [7, 11) is 0. The van der Waals surface area contributed by atoms with E-state index < -0.39 is 0 Å². The van der Waals surface area contributed by atoms with Crippen LogP contribution in [-0.2, 0) is 0 Å². The highest BCUT2D eigenvalue weighted by molar-refractivity contribution is 6.51. The molecule has 0 fully saturated rings. The Morgan fingerprint density at radius 1 is 0.962 bits per heavy atom. The first-order valence-corrected chi connectivity index (χ1v) is 7.97. The molecule has 26 heavy (non-hydrogen) atoms. The van der Waals surface area contributed by atoms with Gasteiger partial charge in [-0.2, -0.15) is 0 Å². The fourth-order valence-corrected chi connectivity index (χ4v) is 2.82. The number of oxime groups is 1. The average Bonchev–Trinajstić information content (AvgIpc) is 3.13. The first-order valence-electron chi connectivity index (χ1n) is 7.97. The van der Waals surface area contributed by atoms with Crippen molar-refractivity contribution in [2.24, 2.45) is 5.16 Å². The fraction of sp³-hybridized carbons (Fsp3) is 0. The van der Waals surface area contributed by atoms with Crippen LogP contribution < -0.4 is 0 Å². The Bertz CT molecular complexity index is 1100. The minimum absolute atomic E-state index is 0.0427. The summed E-state index contributed by atoms with van der Waals surface area (Å²) in [5, 5.41) is 13.5. The van der Waals surface area contributed by atoms with Crippen molar-refractivity contribution in [2.45, 2.75) is 0 Å². The van der Waals surface area contributed by atoms with Crippen LogP contribution >= 0.6 is 0 Å². The lowest BCUT2D eigenvalue weighted by Gasteiger charge is -2.07. The van der Waals surface area contributed by atoms with Crippen LogP contribution in [0.1, 0.15) is 15.9 Å². The molecule has 1 aromatic carbocycles. The molecule has 3 aromatic heterocycles. The number of benzene rings is 1. The molecule has 0 saturated carbocycles. The SMILES string of the molecule is O=C(/C(=N/O)c1cccnc1)c1ccc(-n2ccc3cccnc32)cc1. The minimum Gasteiger partial charge on any atom is -0.410 e. The van der Waals surface area contributed by atoms with Crippen LogP contribution in [0.4, 0.5) is 0 Å². The maximum Gasteiger partial charge on any atom is 0.215 e. The topological polar surface area (TPSA) is 80.4 Å². The molecule has 1 N–H and O–H groups in total. The third kappa shape index (κ3) is 2.73. The van der Waals surface area contributed by atoms with E-state index >= 15 is 0 Å². The molecule has 6 nitrogen and oxygen atoms in total. The zero-order valence-electron chi connectivity index (χ0n) is 13.6. The predicted molar refractivity (Wildman–Crippen MR) is 98.0 cm³/mol. The third-order valence-corrected chi connectivity index (χ3v) is 4.11. The number of fused-ring (bicyclic) bond motifs is 1. The van der Waals surface area contributed by atoms with E-state index in [1.807, 2.05) is 41.1 Å². The molecule has 6 heteroatoms. The maximum atomic E-state index is 12.6. The molecule has 0 radical (unpaired) electrons. The van der Waals surface area contributed by atoms with Crippen molar-refractivity contribution in [3.63, 3.8) is 0 Å². The summed E-state index contributed by atoms with van der Waals surface area (Å²) in [6.07, 6.45) is 6.76. The summed E-state index contributed by atoms with van der Waals surface area (Å²) in [6, 6.07) is 16.3. The smallest absolute Gasteiger partial charge is 0.215 e. The van der Waals surface area contributed by atoms with Gasteiger partial charge in [0, 0.05) is 47.0 Å². The number of Topliss-reactive ketones (excluding diaryl/α,β-unsaturated/α-hetero) is 1. The Kier molecular flexibility index (Phi) is 3.99. The van der Waals surface area contributed by atoms with Gasteiger partial charge >= 0.3 is 0 Å². The molecular formula is C20H14N4O2. The second kappa shape index (κ2) is 6.60.